The SMILES string of the molecule is CCN(Cc1ccccc1)c1ccnc(C(=O)N(CC)c2ccccc2)c1. The van der Waals surface area contributed by atoms with E-state index in [1.54, 1.807) is 11.1 Å². The van der Waals surface area contributed by atoms with E-state index in [2.05, 4.69) is 28.9 Å². The summed E-state index contributed by atoms with van der Waals surface area (Å²) in [7, 11) is 0. The number of carbonyl (C=O) groups excluding carboxylic acids is 1. The standard InChI is InChI=1S/C23H25N3O/c1-3-25(18-19-11-7-5-8-12-19)21-15-16-24-22(17-21)23(27)26(4-2)20-13-9-6-10-14-20/h5-17H,3-4,18H2,1-2H3. The van der Waals surface area contributed by atoms with Crippen molar-refractivity contribution in [1.29, 1.82) is 0 Å². The summed E-state index contributed by atoms with van der Waals surface area (Å²) in [6.07, 6.45) is 1.72. The molecule has 0 unspecified atom stereocenters. The lowest BCUT2D eigenvalue weighted by atomic mass is 10.2. The van der Waals surface area contributed by atoms with Crippen LogP contribution in [-0.4, -0.2) is 24.0 Å². The van der Waals surface area contributed by atoms with Crippen molar-refractivity contribution in [3.8, 4) is 0 Å². The maximum atomic E-state index is 13.0. The molecule has 2 aromatic carbocycles. The minimum atomic E-state index is -0.0821. The molecule has 138 valence electrons. The van der Waals surface area contributed by atoms with Gasteiger partial charge in [-0.15, -0.1) is 0 Å². The van der Waals surface area contributed by atoms with Gasteiger partial charge in [-0.1, -0.05) is 48.5 Å². The molecule has 1 amide bonds. The topological polar surface area (TPSA) is 36.4 Å². The van der Waals surface area contributed by atoms with Crippen molar-refractivity contribution < 1.29 is 4.79 Å². The van der Waals surface area contributed by atoms with Crippen LogP contribution in [0.2, 0.25) is 0 Å². The highest BCUT2D eigenvalue weighted by Gasteiger charge is 2.18. The quantitative estimate of drug-likeness (QED) is 0.609. The Balaban J connectivity index is 1.84. The van der Waals surface area contributed by atoms with Gasteiger partial charge in [0.15, 0.2) is 0 Å². The van der Waals surface area contributed by atoms with E-state index < -0.39 is 0 Å². The lowest BCUT2D eigenvalue weighted by Crippen LogP contribution is -2.31. The third kappa shape index (κ3) is 4.53. The predicted octanol–water partition coefficient (Wildman–Crippen LogP) is 4.77. The number of hydrogen-bond donors (Lipinski definition) is 0. The summed E-state index contributed by atoms with van der Waals surface area (Å²) in [5.74, 6) is -0.0821. The second kappa shape index (κ2) is 8.99. The number of para-hydroxylation sites is 1. The molecule has 3 rings (SSSR count). The summed E-state index contributed by atoms with van der Waals surface area (Å²) < 4.78 is 0. The number of hydrogen-bond acceptors (Lipinski definition) is 3. The second-order valence-electron chi connectivity index (χ2n) is 6.28. The van der Waals surface area contributed by atoms with Gasteiger partial charge in [0.2, 0.25) is 0 Å². The Morgan fingerprint density at radius 2 is 1.52 bits per heavy atom. The Hall–Kier alpha value is -3.14. The molecule has 0 saturated carbocycles. The predicted molar refractivity (Wildman–Crippen MR) is 111 cm³/mol. The highest BCUT2D eigenvalue weighted by molar-refractivity contribution is 6.05. The van der Waals surface area contributed by atoms with E-state index in [1.807, 2.05) is 67.6 Å². The van der Waals surface area contributed by atoms with E-state index in [0.717, 1.165) is 24.5 Å². The van der Waals surface area contributed by atoms with Gasteiger partial charge in [-0.05, 0) is 43.7 Å². The molecule has 0 N–H and O–H groups in total. The largest absolute Gasteiger partial charge is 0.367 e. The molecule has 27 heavy (non-hydrogen) atoms. The molecule has 1 aromatic heterocycles. The zero-order chi connectivity index (χ0) is 19.1. The average Bonchev–Trinajstić information content (AvgIpc) is 2.74. The molecule has 0 radical (unpaired) electrons. The van der Waals surface area contributed by atoms with E-state index in [9.17, 15) is 4.79 Å². The Labute approximate surface area is 161 Å². The highest BCUT2D eigenvalue weighted by Crippen LogP contribution is 2.20. The maximum Gasteiger partial charge on any atom is 0.276 e. The molecule has 0 aliphatic heterocycles. The molecular weight excluding hydrogens is 334 g/mol. The molecule has 0 aliphatic rings. The first-order valence-corrected chi connectivity index (χ1v) is 9.34. The first-order valence-electron chi connectivity index (χ1n) is 9.34. The smallest absolute Gasteiger partial charge is 0.276 e. The number of benzene rings is 2. The number of aromatic nitrogens is 1. The van der Waals surface area contributed by atoms with Crippen molar-refractivity contribution in [3.05, 3.63) is 90.3 Å². The maximum absolute atomic E-state index is 13.0. The third-order valence-electron chi connectivity index (χ3n) is 4.56. The van der Waals surface area contributed by atoms with Gasteiger partial charge >= 0.3 is 0 Å². The van der Waals surface area contributed by atoms with Crippen molar-refractivity contribution in [3.63, 3.8) is 0 Å². The van der Waals surface area contributed by atoms with Gasteiger partial charge in [0.05, 0.1) is 0 Å². The van der Waals surface area contributed by atoms with Gasteiger partial charge in [-0.2, -0.15) is 0 Å². The molecule has 0 fully saturated rings. The van der Waals surface area contributed by atoms with E-state index in [0.29, 0.717) is 12.2 Å². The molecule has 0 aliphatic carbocycles. The highest BCUT2D eigenvalue weighted by atomic mass is 16.2. The van der Waals surface area contributed by atoms with Crippen LogP contribution in [0, 0.1) is 0 Å². The van der Waals surface area contributed by atoms with Crippen LogP contribution < -0.4 is 9.80 Å². The van der Waals surface area contributed by atoms with Crippen LogP contribution in [0.25, 0.3) is 0 Å². The minimum absolute atomic E-state index is 0.0821. The molecule has 4 heteroatoms. The van der Waals surface area contributed by atoms with Gasteiger partial charge in [0, 0.05) is 37.2 Å². The first kappa shape index (κ1) is 18.6. The summed E-state index contributed by atoms with van der Waals surface area (Å²) in [6.45, 7) is 6.33. The van der Waals surface area contributed by atoms with E-state index in [1.165, 1.54) is 5.56 Å². The lowest BCUT2D eigenvalue weighted by molar-refractivity contribution is 0.0983. The van der Waals surface area contributed by atoms with E-state index >= 15 is 0 Å². The molecule has 0 bridgehead atoms. The molecule has 1 heterocycles. The van der Waals surface area contributed by atoms with E-state index in [4.69, 9.17) is 0 Å². The Kier molecular flexibility index (Phi) is 6.21. The Morgan fingerprint density at radius 3 is 2.15 bits per heavy atom. The zero-order valence-corrected chi connectivity index (χ0v) is 15.9. The lowest BCUT2D eigenvalue weighted by Gasteiger charge is -2.25. The third-order valence-corrected chi connectivity index (χ3v) is 4.56. The number of nitrogens with zero attached hydrogens (tertiary/aromatic N) is 3. The molecular formula is C23H25N3O. The Morgan fingerprint density at radius 1 is 0.852 bits per heavy atom. The van der Waals surface area contributed by atoms with Crippen LogP contribution >= 0.6 is 0 Å². The van der Waals surface area contributed by atoms with Crippen LogP contribution in [0.1, 0.15) is 29.9 Å². The summed E-state index contributed by atoms with van der Waals surface area (Å²) in [5, 5.41) is 0. The number of rotatable bonds is 7. The van der Waals surface area contributed by atoms with Crippen LogP contribution in [0.4, 0.5) is 11.4 Å². The molecule has 0 saturated heterocycles. The van der Waals surface area contributed by atoms with Gasteiger partial charge in [0.25, 0.3) is 5.91 Å². The van der Waals surface area contributed by atoms with Crippen molar-refractivity contribution >= 4 is 17.3 Å². The molecule has 0 spiro atoms. The van der Waals surface area contributed by atoms with Gasteiger partial charge < -0.3 is 9.80 Å². The summed E-state index contributed by atoms with van der Waals surface area (Å²) in [5.41, 5.74) is 3.59. The summed E-state index contributed by atoms with van der Waals surface area (Å²) in [4.78, 5) is 21.4. The molecule has 4 nitrogen and oxygen atoms in total. The van der Waals surface area contributed by atoms with Crippen molar-refractivity contribution in [2.24, 2.45) is 0 Å². The number of anilines is 2. The van der Waals surface area contributed by atoms with Crippen LogP contribution in [0.5, 0.6) is 0 Å². The minimum Gasteiger partial charge on any atom is -0.367 e. The summed E-state index contributed by atoms with van der Waals surface area (Å²) >= 11 is 0. The van der Waals surface area contributed by atoms with Crippen LogP contribution in [-0.2, 0) is 6.54 Å². The fraction of sp³-hybridized carbons (Fsp3) is 0.217. The monoisotopic (exact) mass is 359 g/mol. The second-order valence-corrected chi connectivity index (χ2v) is 6.28. The van der Waals surface area contributed by atoms with Gasteiger partial charge in [0.1, 0.15) is 5.69 Å². The first-order chi connectivity index (χ1) is 13.2. The fourth-order valence-corrected chi connectivity index (χ4v) is 3.11. The van der Waals surface area contributed by atoms with Crippen molar-refractivity contribution in [2.45, 2.75) is 20.4 Å². The fourth-order valence-electron chi connectivity index (χ4n) is 3.11. The van der Waals surface area contributed by atoms with Crippen molar-refractivity contribution in [1.82, 2.24) is 4.98 Å². The zero-order valence-electron chi connectivity index (χ0n) is 15.9. The number of amides is 1. The number of pyridine rings is 1. The summed E-state index contributed by atoms with van der Waals surface area (Å²) in [6, 6.07) is 23.9. The molecule has 0 atom stereocenters. The van der Waals surface area contributed by atoms with Gasteiger partial charge in [-0.3, -0.25) is 9.78 Å². The normalized spacial score (nSPS) is 10.4. The molecule has 3 aromatic rings. The van der Waals surface area contributed by atoms with Crippen LogP contribution in [0.3, 0.4) is 0 Å². The van der Waals surface area contributed by atoms with E-state index in [-0.39, 0.29) is 5.91 Å². The Bertz CT molecular complexity index is 865. The van der Waals surface area contributed by atoms with Crippen molar-refractivity contribution in [2.75, 3.05) is 22.9 Å². The number of carbonyl (C=O) groups is 1. The van der Waals surface area contributed by atoms with Crippen LogP contribution in [0.15, 0.2) is 79.0 Å². The van der Waals surface area contributed by atoms with Gasteiger partial charge in [-0.25, -0.2) is 0 Å². The average molecular weight is 359 g/mol.